The van der Waals surface area contributed by atoms with E-state index in [2.05, 4.69) is 62.4 Å². The summed E-state index contributed by atoms with van der Waals surface area (Å²) >= 11 is -1.71. The molecule has 0 aromatic heterocycles. The molecule has 0 aliphatic rings. The summed E-state index contributed by atoms with van der Waals surface area (Å²) in [6, 6.07) is 16.9. The fourth-order valence-corrected chi connectivity index (χ4v) is 7.26. The summed E-state index contributed by atoms with van der Waals surface area (Å²) in [7, 11) is 6.70. The Morgan fingerprint density at radius 3 is 1.50 bits per heavy atom. The van der Waals surface area contributed by atoms with E-state index in [1.54, 1.807) is 0 Å². The van der Waals surface area contributed by atoms with Gasteiger partial charge >= 0.3 is 108 Å². The Labute approximate surface area is 108 Å². The van der Waals surface area contributed by atoms with Crippen LogP contribution >= 0.6 is 27.6 Å². The van der Waals surface area contributed by atoms with Crippen molar-refractivity contribution in [3.63, 3.8) is 0 Å². The van der Waals surface area contributed by atoms with Gasteiger partial charge in [-0.05, 0) is 0 Å². The zero-order valence-corrected chi connectivity index (χ0v) is 12.3. The molecule has 0 radical (unpaired) electrons. The second-order valence-electron chi connectivity index (χ2n) is 3.74. The van der Waals surface area contributed by atoms with E-state index >= 15 is 0 Å². The van der Waals surface area contributed by atoms with Gasteiger partial charge in [-0.3, -0.25) is 0 Å². The molecule has 2 aromatic carbocycles. The van der Waals surface area contributed by atoms with Crippen LogP contribution in [0.25, 0.3) is 0 Å². The average Bonchev–Trinajstić information content (AvgIpc) is 2.29. The van der Waals surface area contributed by atoms with Crippen LogP contribution in [0.3, 0.4) is 0 Å². The second-order valence-corrected chi connectivity index (χ2v) is 9.33. The van der Waals surface area contributed by atoms with Gasteiger partial charge in [0.2, 0.25) is 0 Å². The van der Waals surface area contributed by atoms with Crippen LogP contribution in [0.2, 0.25) is 0 Å². The van der Waals surface area contributed by atoms with Gasteiger partial charge in [0.05, 0.1) is 0 Å². The molecule has 0 aliphatic heterocycles. The molecule has 0 unspecified atom stereocenters. The van der Waals surface area contributed by atoms with E-state index in [1.807, 2.05) is 0 Å². The van der Waals surface area contributed by atoms with Gasteiger partial charge in [-0.15, -0.1) is 0 Å². The third-order valence-corrected chi connectivity index (χ3v) is 9.04. The van der Waals surface area contributed by atoms with Gasteiger partial charge < -0.3 is 0 Å². The Balaban J connectivity index is 2.44. The van der Waals surface area contributed by atoms with Crippen LogP contribution in [0.15, 0.2) is 48.5 Å². The maximum absolute atomic E-state index is 6.70. The van der Waals surface area contributed by atoms with E-state index in [4.69, 9.17) is 8.91 Å². The summed E-state index contributed by atoms with van der Waals surface area (Å²) in [6.07, 6.45) is 0. The standard InChI is InChI=1S/C14H14ClI/c1-11-7-3-5-9-13(11)16(15)14-10-6-4-8-12(14)2/h3-10H,1-2H3. The summed E-state index contributed by atoms with van der Waals surface area (Å²) in [5.74, 6) is 0. The van der Waals surface area contributed by atoms with Crippen LogP contribution < -0.4 is 0 Å². The number of hydrogen-bond acceptors (Lipinski definition) is 0. The molecule has 0 saturated heterocycles. The Morgan fingerprint density at radius 2 is 1.12 bits per heavy atom. The molecule has 0 aliphatic carbocycles. The third-order valence-electron chi connectivity index (χ3n) is 2.51. The number of halogens is 2. The molecule has 0 nitrogen and oxygen atoms in total. The normalized spacial score (nSPS) is 11.3. The minimum absolute atomic E-state index is 1.31. The van der Waals surface area contributed by atoms with E-state index in [9.17, 15) is 0 Å². The Kier molecular flexibility index (Phi) is 3.87. The molecular weight excluding hydrogens is 331 g/mol. The van der Waals surface area contributed by atoms with Crippen molar-refractivity contribution in [2.45, 2.75) is 13.8 Å². The molecule has 0 fully saturated rings. The monoisotopic (exact) mass is 344 g/mol. The van der Waals surface area contributed by atoms with Crippen LogP contribution in [0.5, 0.6) is 0 Å². The van der Waals surface area contributed by atoms with Crippen molar-refractivity contribution in [2.24, 2.45) is 0 Å². The van der Waals surface area contributed by atoms with Crippen LogP contribution in [0, 0.1) is 21.0 Å². The molecule has 2 rings (SSSR count). The van der Waals surface area contributed by atoms with Gasteiger partial charge in [0, 0.05) is 0 Å². The molecule has 84 valence electrons. The van der Waals surface area contributed by atoms with E-state index in [0.717, 1.165) is 0 Å². The number of rotatable bonds is 2. The zero-order chi connectivity index (χ0) is 11.5. The van der Waals surface area contributed by atoms with Crippen molar-refractivity contribution in [1.29, 1.82) is 0 Å². The predicted octanol–water partition coefficient (Wildman–Crippen LogP) is 5.00. The van der Waals surface area contributed by atoms with Gasteiger partial charge in [-0.25, -0.2) is 0 Å². The molecule has 2 heteroatoms. The topological polar surface area (TPSA) is 0 Å². The fraction of sp³-hybridized carbons (Fsp3) is 0.143. The first-order valence-corrected chi connectivity index (χ1v) is 10.1. The van der Waals surface area contributed by atoms with Crippen molar-refractivity contribution in [3.8, 4) is 0 Å². The van der Waals surface area contributed by atoms with Crippen molar-refractivity contribution >= 4 is 27.6 Å². The van der Waals surface area contributed by atoms with Crippen molar-refractivity contribution in [3.05, 3.63) is 66.8 Å². The molecule has 0 spiro atoms. The number of benzene rings is 2. The van der Waals surface area contributed by atoms with Gasteiger partial charge in [0.1, 0.15) is 0 Å². The quantitative estimate of drug-likeness (QED) is 0.672. The summed E-state index contributed by atoms with van der Waals surface area (Å²) in [6.45, 7) is 4.28. The van der Waals surface area contributed by atoms with Crippen LogP contribution in [0.4, 0.5) is 0 Å². The molecule has 0 N–H and O–H groups in total. The average molecular weight is 345 g/mol. The first kappa shape index (κ1) is 11.9. The molecule has 0 amide bonds. The Morgan fingerprint density at radius 1 is 0.750 bits per heavy atom. The Hall–Kier alpha value is -0.540. The molecule has 0 atom stereocenters. The molecule has 16 heavy (non-hydrogen) atoms. The first-order valence-electron chi connectivity index (χ1n) is 5.18. The Bertz CT molecular complexity index is 448. The summed E-state index contributed by atoms with van der Waals surface area (Å²) in [4.78, 5) is 0. The van der Waals surface area contributed by atoms with Crippen LogP contribution in [-0.2, 0) is 0 Å². The van der Waals surface area contributed by atoms with Crippen molar-refractivity contribution in [1.82, 2.24) is 0 Å². The number of hydrogen-bond donors (Lipinski definition) is 0. The minimum atomic E-state index is -1.71. The van der Waals surface area contributed by atoms with E-state index in [-0.39, 0.29) is 0 Å². The third kappa shape index (κ3) is 2.41. The van der Waals surface area contributed by atoms with E-state index in [1.165, 1.54) is 18.3 Å². The van der Waals surface area contributed by atoms with Crippen LogP contribution in [-0.4, -0.2) is 0 Å². The van der Waals surface area contributed by atoms with Crippen molar-refractivity contribution in [2.75, 3.05) is 0 Å². The predicted molar refractivity (Wildman–Crippen MR) is 79.6 cm³/mol. The molecule has 0 heterocycles. The maximum atomic E-state index is 6.70. The van der Waals surface area contributed by atoms with E-state index in [0.29, 0.717) is 0 Å². The van der Waals surface area contributed by atoms with Crippen LogP contribution in [0.1, 0.15) is 11.1 Å². The summed E-state index contributed by atoms with van der Waals surface area (Å²) in [5.41, 5.74) is 2.62. The summed E-state index contributed by atoms with van der Waals surface area (Å²) in [5, 5.41) is 0. The van der Waals surface area contributed by atoms with E-state index < -0.39 is 18.7 Å². The zero-order valence-electron chi connectivity index (χ0n) is 9.37. The molecular formula is C14H14ClI. The molecule has 0 bridgehead atoms. The first-order chi connectivity index (χ1) is 7.70. The fourth-order valence-electron chi connectivity index (χ4n) is 1.58. The summed E-state index contributed by atoms with van der Waals surface area (Å²) < 4.78 is 2.70. The molecule has 0 saturated carbocycles. The van der Waals surface area contributed by atoms with Crippen molar-refractivity contribution < 1.29 is 0 Å². The SMILES string of the molecule is Cc1ccccc1I(Cl)c1ccccc1C. The molecule has 2 aromatic rings. The van der Waals surface area contributed by atoms with Gasteiger partial charge in [0.25, 0.3) is 0 Å². The number of aryl methyl sites for hydroxylation is 2. The van der Waals surface area contributed by atoms with Gasteiger partial charge in [0.15, 0.2) is 0 Å². The second kappa shape index (κ2) is 5.19. The van der Waals surface area contributed by atoms with Gasteiger partial charge in [-0.1, -0.05) is 0 Å². The van der Waals surface area contributed by atoms with Gasteiger partial charge in [-0.2, -0.15) is 0 Å².